The fraction of sp³-hybridized carbons (Fsp3) is 0.562. The number of rotatable bonds is 9. The van der Waals surface area contributed by atoms with Gasteiger partial charge in [-0.3, -0.25) is 9.59 Å². The predicted octanol–water partition coefficient (Wildman–Crippen LogP) is 2.47. The van der Waals surface area contributed by atoms with Crippen molar-refractivity contribution >= 4 is 31.9 Å². The molecule has 2 saturated heterocycles. The van der Waals surface area contributed by atoms with E-state index < -0.39 is 20.0 Å². The lowest BCUT2D eigenvalue weighted by molar-refractivity contribution is 0.0592. The fourth-order valence-electron chi connectivity index (χ4n) is 7.00. The highest BCUT2D eigenvalue weighted by atomic mass is 32.2. The van der Waals surface area contributed by atoms with Crippen LogP contribution in [0.4, 0.5) is 0 Å². The molecule has 1 aliphatic carbocycles. The van der Waals surface area contributed by atoms with Crippen molar-refractivity contribution in [2.75, 3.05) is 59.2 Å². The fourth-order valence-corrected chi connectivity index (χ4v) is 9.91. The molecule has 2 aromatic rings. The van der Waals surface area contributed by atoms with Gasteiger partial charge in [-0.2, -0.15) is 8.61 Å². The van der Waals surface area contributed by atoms with Crippen molar-refractivity contribution in [1.82, 2.24) is 19.2 Å². The van der Waals surface area contributed by atoms with Gasteiger partial charge in [0.1, 0.15) is 0 Å². The Morgan fingerprint density at radius 2 is 1.24 bits per heavy atom. The topological polar surface area (TPSA) is 151 Å². The summed E-state index contributed by atoms with van der Waals surface area (Å²) in [5, 5.41) is 6.12. The number of carbonyl (C=O) groups excluding carboxylic acids is 2. The number of nitrogens with zero attached hydrogens (tertiary/aromatic N) is 2. The second-order valence-corrected chi connectivity index (χ2v) is 17.4. The average molecular weight is 677 g/mol. The van der Waals surface area contributed by atoms with Gasteiger partial charge in [-0.25, -0.2) is 16.8 Å². The molecular weight excluding hydrogens is 633 g/mol. The smallest absolute Gasteiger partial charge is 0.251 e. The molecule has 2 amide bonds. The van der Waals surface area contributed by atoms with Crippen LogP contribution >= 0.6 is 0 Å². The predicted molar refractivity (Wildman–Crippen MR) is 171 cm³/mol. The van der Waals surface area contributed by atoms with Gasteiger partial charge in [0.2, 0.25) is 20.0 Å². The summed E-state index contributed by atoms with van der Waals surface area (Å²) in [6.07, 6.45) is 2.11. The van der Waals surface area contributed by atoms with Crippen LogP contribution in [0.2, 0.25) is 0 Å². The van der Waals surface area contributed by atoms with E-state index in [4.69, 9.17) is 9.47 Å². The highest BCUT2D eigenvalue weighted by molar-refractivity contribution is 7.89. The molecule has 0 radical (unpaired) electrons. The molecule has 2 heterocycles. The van der Waals surface area contributed by atoms with Gasteiger partial charge in [0.25, 0.3) is 11.8 Å². The molecule has 3 fully saturated rings. The Kier molecular flexibility index (Phi) is 10.3. The number of benzene rings is 2. The molecule has 12 nitrogen and oxygen atoms in total. The summed E-state index contributed by atoms with van der Waals surface area (Å²) < 4.78 is 65.9. The lowest BCUT2D eigenvalue weighted by atomic mass is 9.62. The Morgan fingerprint density at radius 3 is 1.74 bits per heavy atom. The maximum atomic E-state index is 13.4. The van der Waals surface area contributed by atoms with E-state index in [1.54, 1.807) is 24.3 Å². The van der Waals surface area contributed by atoms with Crippen LogP contribution < -0.4 is 10.6 Å². The minimum Gasteiger partial charge on any atom is -0.379 e. The third-order valence-corrected chi connectivity index (χ3v) is 12.7. The van der Waals surface area contributed by atoms with Gasteiger partial charge in [0.15, 0.2) is 0 Å². The zero-order valence-electron chi connectivity index (χ0n) is 26.7. The van der Waals surface area contributed by atoms with E-state index >= 15 is 0 Å². The first-order valence-corrected chi connectivity index (χ1v) is 18.5. The van der Waals surface area contributed by atoms with Crippen molar-refractivity contribution in [2.24, 2.45) is 10.8 Å². The van der Waals surface area contributed by atoms with Gasteiger partial charge in [-0.05, 0) is 66.5 Å². The number of sulfonamides is 2. The van der Waals surface area contributed by atoms with Crippen LogP contribution in [0.25, 0.3) is 0 Å². The van der Waals surface area contributed by atoms with Gasteiger partial charge in [-0.1, -0.05) is 32.9 Å². The minimum atomic E-state index is -3.75. The van der Waals surface area contributed by atoms with Gasteiger partial charge >= 0.3 is 0 Å². The Morgan fingerprint density at radius 1 is 0.761 bits per heavy atom. The first-order valence-electron chi connectivity index (χ1n) is 15.6. The van der Waals surface area contributed by atoms with E-state index in [0.717, 1.165) is 12.8 Å². The molecular formula is C32H44N4O8S2. The van der Waals surface area contributed by atoms with Crippen LogP contribution in [0.15, 0.2) is 58.3 Å². The van der Waals surface area contributed by atoms with Crippen LogP contribution in [-0.2, 0) is 29.5 Å². The molecule has 2 aliphatic heterocycles. The van der Waals surface area contributed by atoms with Crippen LogP contribution in [0, 0.1) is 10.8 Å². The molecule has 0 spiro atoms. The number of morpholine rings is 2. The number of nitrogens with one attached hydrogen (secondary N) is 2. The van der Waals surface area contributed by atoms with Crippen molar-refractivity contribution in [3.05, 3.63) is 59.7 Å². The number of hydrogen-bond donors (Lipinski definition) is 2. The zero-order chi connectivity index (χ0) is 33.2. The quantitative estimate of drug-likeness (QED) is 0.411. The van der Waals surface area contributed by atoms with Gasteiger partial charge in [-0.15, -0.1) is 0 Å². The van der Waals surface area contributed by atoms with E-state index in [2.05, 4.69) is 31.4 Å². The van der Waals surface area contributed by atoms with Crippen molar-refractivity contribution < 1.29 is 35.9 Å². The number of carbonyl (C=O) groups is 2. The first kappa shape index (κ1) is 34.5. The summed E-state index contributed by atoms with van der Waals surface area (Å²) in [4.78, 5) is 26.8. The standard InChI is InChI=1S/C32H44N4O8S2/c1-31(2)20-26(34-30(38)25-7-5-9-28(19-25)46(41,42)36-12-16-44-17-13-36)21-32(3,22-31)23-33-29(37)24-6-4-8-27(18-24)45(39,40)35-10-14-43-15-11-35/h4-9,18-19,26H,10-17,20-23H2,1-3H3,(H,33,37)(H,34,38). The molecule has 1 saturated carbocycles. The van der Waals surface area contributed by atoms with E-state index in [9.17, 15) is 26.4 Å². The molecule has 2 unspecified atom stereocenters. The van der Waals surface area contributed by atoms with Crippen molar-refractivity contribution in [1.29, 1.82) is 0 Å². The summed E-state index contributed by atoms with van der Waals surface area (Å²) in [7, 11) is -7.50. The third-order valence-electron chi connectivity index (χ3n) is 8.86. The zero-order valence-corrected chi connectivity index (χ0v) is 28.3. The summed E-state index contributed by atoms with van der Waals surface area (Å²) in [5.41, 5.74) is 0.00181. The Bertz CT molecular complexity index is 1650. The summed E-state index contributed by atoms with van der Waals surface area (Å²) in [6.45, 7) is 9.05. The highest BCUT2D eigenvalue weighted by Crippen LogP contribution is 2.46. The van der Waals surface area contributed by atoms with Crippen LogP contribution in [0.3, 0.4) is 0 Å². The summed E-state index contributed by atoms with van der Waals surface area (Å²) in [6, 6.07) is 12.0. The summed E-state index contributed by atoms with van der Waals surface area (Å²) in [5.74, 6) is -0.728. The van der Waals surface area contributed by atoms with Gasteiger partial charge < -0.3 is 20.1 Å². The minimum absolute atomic E-state index is 0.0663. The maximum absolute atomic E-state index is 13.4. The monoisotopic (exact) mass is 676 g/mol. The Hall–Kier alpha value is -2.88. The normalized spacial score (nSPS) is 24.6. The van der Waals surface area contributed by atoms with E-state index in [-0.39, 0.29) is 75.8 Å². The number of hydrogen-bond acceptors (Lipinski definition) is 8. The lowest BCUT2D eigenvalue weighted by Crippen LogP contribution is -2.50. The van der Waals surface area contributed by atoms with Crippen LogP contribution in [-0.4, -0.2) is 102 Å². The molecule has 3 aliphatic rings. The summed E-state index contributed by atoms with van der Waals surface area (Å²) >= 11 is 0. The van der Waals surface area contributed by atoms with E-state index in [1.807, 2.05) is 0 Å². The van der Waals surface area contributed by atoms with Gasteiger partial charge in [0.05, 0.1) is 36.2 Å². The second-order valence-electron chi connectivity index (χ2n) is 13.5. The number of amides is 2. The van der Waals surface area contributed by atoms with Gasteiger partial charge in [0, 0.05) is 49.9 Å². The maximum Gasteiger partial charge on any atom is 0.251 e. The lowest BCUT2D eigenvalue weighted by Gasteiger charge is -2.47. The SMILES string of the molecule is CC1(C)CC(NC(=O)c2cccc(S(=O)(=O)N3CCOCC3)c2)CC(C)(CNC(=O)c2cccc(S(=O)(=O)N3CCOCC3)c2)C1. The van der Waals surface area contributed by atoms with Crippen LogP contribution in [0.1, 0.15) is 60.7 Å². The average Bonchev–Trinajstić information content (AvgIpc) is 3.03. The Balaban J connectivity index is 1.24. The van der Waals surface area contributed by atoms with Crippen molar-refractivity contribution in [2.45, 2.75) is 55.9 Å². The molecule has 2 aromatic carbocycles. The number of ether oxygens (including phenoxy) is 2. The highest BCUT2D eigenvalue weighted by Gasteiger charge is 2.42. The molecule has 252 valence electrons. The molecule has 46 heavy (non-hydrogen) atoms. The second kappa shape index (κ2) is 13.7. The molecule has 2 atom stereocenters. The molecule has 0 aromatic heterocycles. The Labute approximate surface area is 271 Å². The van der Waals surface area contributed by atoms with Crippen molar-refractivity contribution in [3.63, 3.8) is 0 Å². The van der Waals surface area contributed by atoms with Crippen LogP contribution in [0.5, 0.6) is 0 Å². The molecule has 0 bridgehead atoms. The molecule has 5 rings (SSSR count). The van der Waals surface area contributed by atoms with Crippen molar-refractivity contribution in [3.8, 4) is 0 Å². The molecule has 2 N–H and O–H groups in total. The van der Waals surface area contributed by atoms with E-state index in [0.29, 0.717) is 39.4 Å². The first-order chi connectivity index (χ1) is 21.7. The molecule has 14 heteroatoms. The third kappa shape index (κ3) is 7.97. The van der Waals surface area contributed by atoms with E-state index in [1.165, 1.54) is 32.9 Å². The largest absolute Gasteiger partial charge is 0.379 e.